The van der Waals surface area contributed by atoms with Gasteiger partial charge >= 0.3 is 5.97 Å². The van der Waals surface area contributed by atoms with Crippen molar-refractivity contribution < 1.29 is 24.6 Å². The summed E-state index contributed by atoms with van der Waals surface area (Å²) in [5.74, 6) is -1.47. The Morgan fingerprint density at radius 2 is 1.65 bits per heavy atom. The van der Waals surface area contributed by atoms with Crippen LogP contribution in [0.2, 0.25) is 0 Å². The average molecular weight is 617 g/mol. The van der Waals surface area contributed by atoms with E-state index in [1.165, 1.54) is 11.8 Å². The molecule has 0 saturated heterocycles. The van der Waals surface area contributed by atoms with Gasteiger partial charge in [0.25, 0.3) is 0 Å². The standard InChI is InChI=1S/C26H34BrN3O5S.ClH/c1-16(2)23(28-15-18-14-19(27)9-10-22(18)31)25(33)30-21(13-17-7-5-4-6-8-17)24(32)29-20(26(34)35)11-12-36-3;/h4-10,14,16,20-21,23,28,31H,11-13,15H2,1-3H3,(H,29,32)(H,30,33)(H,34,35);1H/t20-,21-,23-;/m0./s1. The third-order valence-electron chi connectivity index (χ3n) is 5.64. The molecule has 0 bridgehead atoms. The van der Waals surface area contributed by atoms with Gasteiger partial charge in [0, 0.05) is 23.0 Å². The van der Waals surface area contributed by atoms with Crippen molar-refractivity contribution in [1.29, 1.82) is 0 Å². The van der Waals surface area contributed by atoms with Crippen LogP contribution in [0.3, 0.4) is 0 Å². The Kier molecular flexibility index (Phi) is 14.7. The van der Waals surface area contributed by atoms with Crippen molar-refractivity contribution in [3.63, 3.8) is 0 Å². The summed E-state index contributed by atoms with van der Waals surface area (Å²) in [6, 6.07) is 11.6. The summed E-state index contributed by atoms with van der Waals surface area (Å²) in [5.41, 5.74) is 1.46. The summed E-state index contributed by atoms with van der Waals surface area (Å²) < 4.78 is 0.803. The van der Waals surface area contributed by atoms with Crippen LogP contribution < -0.4 is 16.0 Å². The third kappa shape index (κ3) is 10.9. The molecule has 0 fully saturated rings. The monoisotopic (exact) mass is 615 g/mol. The first-order valence-electron chi connectivity index (χ1n) is 11.7. The van der Waals surface area contributed by atoms with E-state index in [1.54, 1.807) is 18.2 Å². The Labute approximate surface area is 236 Å². The number of thioether (sulfide) groups is 1. The first kappa shape index (κ1) is 32.8. The number of hydrogen-bond donors (Lipinski definition) is 5. The number of carboxylic acids is 1. The molecule has 0 aliphatic heterocycles. The van der Waals surface area contributed by atoms with Gasteiger partial charge in [-0.05, 0) is 48.1 Å². The second-order valence-electron chi connectivity index (χ2n) is 8.81. The van der Waals surface area contributed by atoms with Crippen molar-refractivity contribution in [2.45, 2.75) is 51.4 Å². The van der Waals surface area contributed by atoms with Gasteiger partial charge in [-0.3, -0.25) is 9.59 Å². The Morgan fingerprint density at radius 1 is 1.00 bits per heavy atom. The summed E-state index contributed by atoms with van der Waals surface area (Å²) in [7, 11) is 0. The number of carbonyl (C=O) groups excluding carboxylic acids is 2. The summed E-state index contributed by atoms with van der Waals surface area (Å²) in [6.07, 6.45) is 2.36. The van der Waals surface area contributed by atoms with Crippen LogP contribution in [-0.2, 0) is 27.3 Å². The fourth-order valence-electron chi connectivity index (χ4n) is 3.63. The summed E-state index contributed by atoms with van der Waals surface area (Å²) >= 11 is 4.88. The lowest BCUT2D eigenvalue weighted by molar-refractivity contribution is -0.142. The van der Waals surface area contributed by atoms with Crippen LogP contribution in [0.5, 0.6) is 5.75 Å². The summed E-state index contributed by atoms with van der Waals surface area (Å²) in [5, 5.41) is 28.3. The minimum absolute atomic E-state index is 0. The van der Waals surface area contributed by atoms with Crippen molar-refractivity contribution >= 4 is 57.9 Å². The fraction of sp³-hybridized carbons (Fsp3) is 0.423. The van der Waals surface area contributed by atoms with Crippen LogP contribution in [0.1, 0.15) is 31.4 Å². The van der Waals surface area contributed by atoms with Crippen LogP contribution in [-0.4, -0.2) is 58.1 Å². The van der Waals surface area contributed by atoms with Crippen molar-refractivity contribution in [2.24, 2.45) is 5.92 Å². The number of phenolic OH excluding ortho intramolecular Hbond substituents is 1. The molecular weight excluding hydrogens is 582 g/mol. The number of phenols is 1. The molecule has 204 valence electrons. The number of carboxylic acid groups (broad SMARTS) is 1. The number of aromatic hydroxyl groups is 1. The lowest BCUT2D eigenvalue weighted by atomic mass is 10.0. The molecule has 0 aromatic heterocycles. The quantitative estimate of drug-likeness (QED) is 0.219. The molecule has 0 aliphatic carbocycles. The van der Waals surface area contributed by atoms with Crippen LogP contribution in [0, 0.1) is 5.92 Å². The molecule has 0 radical (unpaired) electrons. The Balaban J connectivity index is 0.00000684. The van der Waals surface area contributed by atoms with E-state index in [4.69, 9.17) is 0 Å². The van der Waals surface area contributed by atoms with Gasteiger partial charge in [0.05, 0.1) is 6.04 Å². The zero-order chi connectivity index (χ0) is 26.7. The first-order valence-corrected chi connectivity index (χ1v) is 13.9. The van der Waals surface area contributed by atoms with E-state index in [0.29, 0.717) is 11.3 Å². The highest BCUT2D eigenvalue weighted by molar-refractivity contribution is 9.10. The van der Waals surface area contributed by atoms with E-state index in [2.05, 4.69) is 31.9 Å². The fourth-order valence-corrected chi connectivity index (χ4v) is 4.51. The molecule has 0 heterocycles. The second-order valence-corrected chi connectivity index (χ2v) is 10.7. The third-order valence-corrected chi connectivity index (χ3v) is 6.78. The van der Waals surface area contributed by atoms with E-state index in [-0.39, 0.29) is 49.4 Å². The minimum atomic E-state index is -1.11. The summed E-state index contributed by atoms with van der Waals surface area (Å²) in [6.45, 7) is 4.01. The molecule has 37 heavy (non-hydrogen) atoms. The van der Waals surface area contributed by atoms with Crippen molar-refractivity contribution in [3.8, 4) is 5.75 Å². The maximum absolute atomic E-state index is 13.3. The molecule has 3 atom stereocenters. The van der Waals surface area contributed by atoms with Gasteiger partial charge < -0.3 is 26.2 Å². The first-order chi connectivity index (χ1) is 17.1. The van der Waals surface area contributed by atoms with E-state index in [9.17, 15) is 24.6 Å². The number of rotatable bonds is 14. The smallest absolute Gasteiger partial charge is 0.326 e. The summed E-state index contributed by atoms with van der Waals surface area (Å²) in [4.78, 5) is 38.1. The highest BCUT2D eigenvalue weighted by Gasteiger charge is 2.30. The molecule has 5 N–H and O–H groups in total. The van der Waals surface area contributed by atoms with Crippen LogP contribution in [0.4, 0.5) is 0 Å². The topological polar surface area (TPSA) is 128 Å². The SMILES string of the molecule is CSCC[C@H](NC(=O)[C@H](Cc1ccccc1)NC(=O)[C@@H](NCc1cc(Br)ccc1O)C(C)C)C(=O)O.Cl. The van der Waals surface area contributed by atoms with E-state index < -0.39 is 30.0 Å². The lowest BCUT2D eigenvalue weighted by Gasteiger charge is -2.26. The number of aliphatic carboxylic acids is 1. The normalized spacial score (nSPS) is 13.2. The van der Waals surface area contributed by atoms with Gasteiger partial charge in [0.15, 0.2) is 0 Å². The largest absolute Gasteiger partial charge is 0.508 e. The molecule has 0 spiro atoms. The molecule has 2 amide bonds. The second kappa shape index (κ2) is 16.5. The Bertz CT molecular complexity index is 1030. The maximum Gasteiger partial charge on any atom is 0.326 e. The molecule has 0 saturated carbocycles. The van der Waals surface area contributed by atoms with Gasteiger partial charge in [-0.2, -0.15) is 11.8 Å². The zero-order valence-corrected chi connectivity index (χ0v) is 24.3. The number of carbonyl (C=O) groups is 3. The highest BCUT2D eigenvalue weighted by atomic mass is 79.9. The van der Waals surface area contributed by atoms with Gasteiger partial charge in [-0.1, -0.05) is 60.1 Å². The van der Waals surface area contributed by atoms with Crippen molar-refractivity contribution in [1.82, 2.24) is 16.0 Å². The van der Waals surface area contributed by atoms with Gasteiger partial charge in [0.1, 0.15) is 17.8 Å². The molecule has 11 heteroatoms. The molecule has 2 rings (SSSR count). The number of benzene rings is 2. The predicted molar refractivity (Wildman–Crippen MR) is 153 cm³/mol. The van der Waals surface area contributed by atoms with Gasteiger partial charge in [0.2, 0.25) is 11.8 Å². The molecule has 0 unspecified atom stereocenters. The van der Waals surface area contributed by atoms with Gasteiger partial charge in [-0.25, -0.2) is 4.79 Å². The molecule has 0 aliphatic rings. The number of halogens is 2. The van der Waals surface area contributed by atoms with Crippen LogP contribution in [0.15, 0.2) is 53.0 Å². The minimum Gasteiger partial charge on any atom is -0.508 e. The molecule has 2 aromatic carbocycles. The Hall–Kier alpha value is -2.27. The van der Waals surface area contributed by atoms with Crippen LogP contribution >= 0.6 is 40.1 Å². The predicted octanol–water partition coefficient (Wildman–Crippen LogP) is 3.74. The molecular formula is C26H35BrClN3O5S. The van der Waals surface area contributed by atoms with E-state index in [0.717, 1.165) is 10.0 Å². The number of hydrogen-bond acceptors (Lipinski definition) is 6. The lowest BCUT2D eigenvalue weighted by Crippen LogP contribution is -2.56. The van der Waals surface area contributed by atoms with Crippen molar-refractivity contribution in [3.05, 3.63) is 64.1 Å². The van der Waals surface area contributed by atoms with E-state index in [1.807, 2.05) is 50.4 Å². The Morgan fingerprint density at radius 3 is 2.24 bits per heavy atom. The van der Waals surface area contributed by atoms with E-state index >= 15 is 0 Å². The zero-order valence-electron chi connectivity index (χ0n) is 21.1. The van der Waals surface area contributed by atoms with Crippen LogP contribution in [0.25, 0.3) is 0 Å². The highest BCUT2D eigenvalue weighted by Crippen LogP contribution is 2.22. The number of nitrogens with one attached hydrogen (secondary N) is 3. The van der Waals surface area contributed by atoms with Gasteiger partial charge in [-0.15, -0.1) is 12.4 Å². The molecule has 2 aromatic rings. The maximum atomic E-state index is 13.3. The number of amides is 2. The molecule has 8 nitrogen and oxygen atoms in total. The van der Waals surface area contributed by atoms with Crippen molar-refractivity contribution in [2.75, 3.05) is 12.0 Å². The average Bonchev–Trinajstić information content (AvgIpc) is 2.83.